The van der Waals surface area contributed by atoms with Gasteiger partial charge in [0, 0.05) is 16.8 Å². The molecule has 7 heteroatoms. The minimum absolute atomic E-state index is 0.174. The molecule has 1 atom stereocenters. The fraction of sp³-hybridized carbons (Fsp3) is 0.318. The Morgan fingerprint density at radius 1 is 1.34 bits per heavy atom. The maximum atomic E-state index is 12.9. The van der Waals surface area contributed by atoms with E-state index in [-0.39, 0.29) is 11.5 Å². The van der Waals surface area contributed by atoms with E-state index in [1.165, 1.54) is 28.0 Å². The van der Waals surface area contributed by atoms with Crippen LogP contribution in [0.25, 0.3) is 5.69 Å². The summed E-state index contributed by atoms with van der Waals surface area (Å²) in [5, 5.41) is 3.71. The number of H-pyrrole nitrogens is 1. The molecule has 0 bridgehead atoms. The molecule has 0 saturated heterocycles. The summed E-state index contributed by atoms with van der Waals surface area (Å²) in [5.74, 6) is 0.227. The number of ether oxygens (including phenoxy) is 1. The number of benzene rings is 1. The quantitative estimate of drug-likeness (QED) is 0.518. The summed E-state index contributed by atoms with van der Waals surface area (Å²) >= 11 is 1.53. The number of para-hydroxylation sites is 1. The molecule has 1 aliphatic carbocycles. The predicted octanol–water partition coefficient (Wildman–Crippen LogP) is 4.20. The van der Waals surface area contributed by atoms with Gasteiger partial charge in [-0.25, -0.2) is 14.5 Å². The van der Waals surface area contributed by atoms with Crippen molar-refractivity contribution < 1.29 is 9.53 Å². The molecule has 0 saturated carbocycles. The van der Waals surface area contributed by atoms with Crippen molar-refractivity contribution in [3.8, 4) is 5.69 Å². The molecule has 3 aromatic rings. The number of rotatable bonds is 4. The van der Waals surface area contributed by atoms with Gasteiger partial charge in [-0.05, 0) is 49.8 Å². The van der Waals surface area contributed by atoms with Crippen molar-refractivity contribution >= 4 is 28.5 Å². The van der Waals surface area contributed by atoms with E-state index in [1.807, 2.05) is 37.3 Å². The van der Waals surface area contributed by atoms with Crippen molar-refractivity contribution in [1.29, 1.82) is 0 Å². The third-order valence-corrected chi connectivity index (χ3v) is 6.49. The molecule has 2 aromatic heterocycles. The standard InChI is InChI=1S/C22H23N3O3S/c1-13-9-10-16-18(11-13)29-20(19(16)22(27)28-3)23-12-17-14(2)24-25(21(17)26)15-7-5-4-6-8-15/h4-8,12-13,24H,9-11H2,1-3H3/t13-/m1/s1. The average molecular weight is 410 g/mol. The molecule has 0 spiro atoms. The molecular weight excluding hydrogens is 386 g/mol. The Balaban J connectivity index is 1.75. The number of aromatic nitrogens is 2. The van der Waals surface area contributed by atoms with Crippen LogP contribution in [0.2, 0.25) is 0 Å². The SMILES string of the molecule is COC(=O)c1c(N=Cc2c(C)[nH]n(-c3ccccc3)c2=O)sc2c1CC[C@@H](C)C2. The summed E-state index contributed by atoms with van der Waals surface area (Å²) < 4.78 is 6.51. The molecular formula is C22H23N3O3S. The highest BCUT2D eigenvalue weighted by atomic mass is 32.1. The monoisotopic (exact) mass is 409 g/mol. The smallest absolute Gasteiger partial charge is 0.341 e. The number of nitrogens with one attached hydrogen (secondary N) is 1. The Hall–Kier alpha value is -2.93. The molecule has 6 nitrogen and oxygen atoms in total. The maximum absolute atomic E-state index is 12.9. The van der Waals surface area contributed by atoms with E-state index in [4.69, 9.17) is 4.74 Å². The minimum atomic E-state index is -0.364. The van der Waals surface area contributed by atoms with Crippen LogP contribution in [0.1, 0.15) is 45.4 Å². The van der Waals surface area contributed by atoms with Crippen LogP contribution in [-0.4, -0.2) is 29.1 Å². The Bertz CT molecular complexity index is 1140. The molecule has 150 valence electrons. The van der Waals surface area contributed by atoms with Gasteiger partial charge < -0.3 is 4.74 Å². The fourth-order valence-corrected chi connectivity index (χ4v) is 5.08. The average Bonchev–Trinajstić information content (AvgIpc) is 3.22. The molecule has 0 radical (unpaired) electrons. The van der Waals surface area contributed by atoms with Gasteiger partial charge >= 0.3 is 5.97 Å². The van der Waals surface area contributed by atoms with Crippen molar-refractivity contribution in [2.45, 2.75) is 33.1 Å². The molecule has 2 heterocycles. The van der Waals surface area contributed by atoms with Crippen molar-refractivity contribution in [2.75, 3.05) is 7.11 Å². The van der Waals surface area contributed by atoms with Crippen LogP contribution in [0.3, 0.4) is 0 Å². The van der Waals surface area contributed by atoms with Crippen LogP contribution in [0.4, 0.5) is 5.00 Å². The van der Waals surface area contributed by atoms with Gasteiger partial charge in [0.1, 0.15) is 5.00 Å². The molecule has 0 amide bonds. The highest BCUT2D eigenvalue weighted by molar-refractivity contribution is 7.16. The molecule has 1 N–H and O–H groups in total. The number of fused-ring (bicyclic) bond motifs is 1. The first kappa shape index (κ1) is 19.4. The summed E-state index contributed by atoms with van der Waals surface area (Å²) in [5.41, 5.74) is 3.39. The number of aryl methyl sites for hydroxylation is 1. The number of aliphatic imine (C=N–C) groups is 1. The Morgan fingerprint density at radius 3 is 2.83 bits per heavy atom. The molecule has 0 unspecified atom stereocenters. The number of hydrogen-bond acceptors (Lipinski definition) is 5. The highest BCUT2D eigenvalue weighted by Gasteiger charge is 2.28. The lowest BCUT2D eigenvalue weighted by molar-refractivity contribution is 0.0600. The third-order valence-electron chi connectivity index (χ3n) is 5.32. The number of hydrogen-bond donors (Lipinski definition) is 1. The fourth-order valence-electron chi connectivity index (χ4n) is 3.73. The summed E-state index contributed by atoms with van der Waals surface area (Å²) in [6.07, 6.45) is 4.41. The minimum Gasteiger partial charge on any atom is -0.465 e. The predicted molar refractivity (Wildman–Crippen MR) is 115 cm³/mol. The second-order valence-electron chi connectivity index (χ2n) is 7.41. The molecule has 0 aliphatic heterocycles. The molecule has 1 aromatic carbocycles. The zero-order valence-corrected chi connectivity index (χ0v) is 17.5. The van der Waals surface area contributed by atoms with E-state index in [9.17, 15) is 9.59 Å². The Morgan fingerprint density at radius 2 is 2.10 bits per heavy atom. The van der Waals surface area contributed by atoms with Gasteiger partial charge in [-0.2, -0.15) is 0 Å². The van der Waals surface area contributed by atoms with Gasteiger partial charge in [-0.15, -0.1) is 11.3 Å². The number of carbonyl (C=O) groups excluding carboxylic acids is 1. The maximum Gasteiger partial charge on any atom is 0.341 e. The number of aromatic amines is 1. The molecule has 0 fully saturated rings. The van der Waals surface area contributed by atoms with Gasteiger partial charge in [0.15, 0.2) is 0 Å². The van der Waals surface area contributed by atoms with Gasteiger partial charge in [-0.1, -0.05) is 25.1 Å². The molecule has 1 aliphatic rings. The molecule has 4 rings (SSSR count). The Kier molecular flexibility index (Phi) is 5.24. The van der Waals surface area contributed by atoms with E-state index in [1.54, 1.807) is 6.21 Å². The lowest BCUT2D eigenvalue weighted by Gasteiger charge is -2.18. The van der Waals surface area contributed by atoms with E-state index < -0.39 is 0 Å². The van der Waals surface area contributed by atoms with Crippen LogP contribution in [-0.2, 0) is 17.6 Å². The summed E-state index contributed by atoms with van der Waals surface area (Å²) in [7, 11) is 1.39. The van der Waals surface area contributed by atoms with E-state index >= 15 is 0 Å². The number of methoxy groups -OCH3 is 1. The third kappa shape index (κ3) is 3.58. The lowest BCUT2D eigenvalue weighted by Crippen LogP contribution is -2.17. The largest absolute Gasteiger partial charge is 0.465 e. The zero-order chi connectivity index (χ0) is 20.5. The van der Waals surface area contributed by atoms with Crippen molar-refractivity contribution in [3.63, 3.8) is 0 Å². The van der Waals surface area contributed by atoms with Gasteiger partial charge in [0.2, 0.25) is 0 Å². The van der Waals surface area contributed by atoms with Crippen LogP contribution < -0.4 is 5.56 Å². The summed E-state index contributed by atoms with van der Waals surface area (Å²) in [6.45, 7) is 4.06. The van der Waals surface area contributed by atoms with Gasteiger partial charge in [0.25, 0.3) is 5.56 Å². The second kappa shape index (κ2) is 7.83. The first-order valence-corrected chi connectivity index (χ1v) is 10.4. The number of nitrogens with zero attached hydrogens (tertiary/aromatic N) is 2. The topological polar surface area (TPSA) is 76.4 Å². The highest BCUT2D eigenvalue weighted by Crippen LogP contribution is 2.41. The molecule has 29 heavy (non-hydrogen) atoms. The number of thiophene rings is 1. The van der Waals surface area contributed by atoms with E-state index in [0.717, 1.165) is 36.2 Å². The van der Waals surface area contributed by atoms with E-state index in [2.05, 4.69) is 17.0 Å². The second-order valence-corrected chi connectivity index (χ2v) is 8.49. The number of carbonyl (C=O) groups is 1. The van der Waals surface area contributed by atoms with Crippen LogP contribution >= 0.6 is 11.3 Å². The first-order chi connectivity index (χ1) is 14.0. The Labute approximate surface area is 172 Å². The normalized spacial score (nSPS) is 16.2. The summed E-state index contributed by atoms with van der Waals surface area (Å²) in [6, 6.07) is 9.39. The van der Waals surface area contributed by atoms with Crippen LogP contribution in [0.15, 0.2) is 40.1 Å². The lowest BCUT2D eigenvalue weighted by atomic mass is 9.88. The van der Waals surface area contributed by atoms with Crippen LogP contribution in [0.5, 0.6) is 0 Å². The summed E-state index contributed by atoms with van der Waals surface area (Å²) in [4.78, 5) is 31.1. The van der Waals surface area contributed by atoms with Crippen molar-refractivity contribution in [2.24, 2.45) is 10.9 Å². The van der Waals surface area contributed by atoms with Gasteiger partial charge in [0.05, 0.1) is 23.9 Å². The first-order valence-electron chi connectivity index (χ1n) is 9.63. The zero-order valence-electron chi connectivity index (χ0n) is 16.7. The number of esters is 1. The van der Waals surface area contributed by atoms with Crippen LogP contribution in [0, 0.1) is 12.8 Å². The van der Waals surface area contributed by atoms with Crippen molar-refractivity contribution in [1.82, 2.24) is 9.78 Å². The van der Waals surface area contributed by atoms with Gasteiger partial charge in [-0.3, -0.25) is 9.89 Å². The van der Waals surface area contributed by atoms with Crippen molar-refractivity contribution in [3.05, 3.63) is 67.9 Å². The van der Waals surface area contributed by atoms with E-state index in [0.29, 0.717) is 22.0 Å².